The average Bonchev–Trinajstić information content (AvgIpc) is 3.56. The van der Waals surface area contributed by atoms with Gasteiger partial charge in [-0.25, -0.2) is 4.98 Å². The van der Waals surface area contributed by atoms with E-state index in [9.17, 15) is 4.79 Å². The molecule has 1 fully saturated rings. The maximum atomic E-state index is 13.0. The van der Waals surface area contributed by atoms with Crippen LogP contribution in [-0.4, -0.2) is 56.8 Å². The van der Waals surface area contributed by atoms with Gasteiger partial charge in [-0.15, -0.1) is 11.3 Å². The molecule has 0 bridgehead atoms. The number of nitrogens with zero attached hydrogens (tertiary/aromatic N) is 2. The molecule has 1 unspecified atom stereocenters. The minimum Gasteiger partial charge on any atom is -0.497 e. The Labute approximate surface area is 198 Å². The van der Waals surface area contributed by atoms with Crippen LogP contribution in [0.2, 0.25) is 0 Å². The molecular weight excluding hydrogens is 438 g/mol. The third kappa shape index (κ3) is 5.12. The molecule has 1 aliphatic heterocycles. The quantitative estimate of drug-likeness (QED) is 0.503. The number of aromatic nitrogens is 1. The predicted molar refractivity (Wildman–Crippen MR) is 130 cm³/mol. The number of para-hydroxylation sites is 1. The van der Waals surface area contributed by atoms with Crippen LogP contribution in [0.25, 0.3) is 10.6 Å². The maximum Gasteiger partial charge on any atom is 0.270 e. The number of ether oxygens (including phenoxy) is 3. The number of methoxy groups -OCH3 is 3. The van der Waals surface area contributed by atoms with Crippen molar-refractivity contribution in [3.8, 4) is 27.8 Å². The molecule has 0 radical (unpaired) electrons. The Morgan fingerprint density at radius 2 is 1.88 bits per heavy atom. The van der Waals surface area contributed by atoms with Gasteiger partial charge in [0.15, 0.2) is 11.5 Å². The highest BCUT2D eigenvalue weighted by molar-refractivity contribution is 7.13. The third-order valence-electron chi connectivity index (χ3n) is 5.89. The van der Waals surface area contributed by atoms with E-state index < -0.39 is 0 Å². The molecule has 7 nitrogen and oxygen atoms in total. The summed E-state index contributed by atoms with van der Waals surface area (Å²) < 4.78 is 16.3. The number of likely N-dealkylation sites (tertiary alicyclic amines) is 1. The van der Waals surface area contributed by atoms with Crippen LogP contribution in [0.5, 0.6) is 17.2 Å². The summed E-state index contributed by atoms with van der Waals surface area (Å²) in [5.74, 6) is 1.86. The van der Waals surface area contributed by atoms with Crippen molar-refractivity contribution >= 4 is 17.2 Å². The van der Waals surface area contributed by atoms with Crippen molar-refractivity contribution in [3.63, 3.8) is 0 Å². The van der Waals surface area contributed by atoms with Gasteiger partial charge in [0, 0.05) is 11.9 Å². The van der Waals surface area contributed by atoms with E-state index in [1.807, 2.05) is 36.4 Å². The lowest BCUT2D eigenvalue weighted by molar-refractivity contribution is 0.0933. The van der Waals surface area contributed by atoms with E-state index in [1.54, 1.807) is 26.7 Å². The molecule has 3 aromatic rings. The number of thiazole rings is 1. The fourth-order valence-electron chi connectivity index (χ4n) is 4.20. The van der Waals surface area contributed by atoms with Crippen molar-refractivity contribution < 1.29 is 19.0 Å². The van der Waals surface area contributed by atoms with Gasteiger partial charge in [0.1, 0.15) is 16.5 Å². The molecule has 174 valence electrons. The molecule has 1 saturated heterocycles. The highest BCUT2D eigenvalue weighted by Gasteiger charge is 2.25. The Kier molecular flexibility index (Phi) is 7.47. The topological polar surface area (TPSA) is 72.9 Å². The molecule has 0 saturated carbocycles. The van der Waals surface area contributed by atoms with Crippen LogP contribution in [-0.2, 0) is 0 Å². The van der Waals surface area contributed by atoms with Gasteiger partial charge in [-0.05, 0) is 55.8 Å². The summed E-state index contributed by atoms with van der Waals surface area (Å²) in [6, 6.07) is 13.8. The molecule has 2 aromatic carbocycles. The van der Waals surface area contributed by atoms with Gasteiger partial charge in [0.05, 0.1) is 32.9 Å². The third-order valence-corrected chi connectivity index (χ3v) is 6.76. The summed E-state index contributed by atoms with van der Waals surface area (Å²) in [7, 11) is 4.87. The molecule has 1 N–H and O–H groups in total. The fraction of sp³-hybridized carbons (Fsp3) is 0.360. The van der Waals surface area contributed by atoms with Gasteiger partial charge in [-0.3, -0.25) is 9.69 Å². The fourth-order valence-corrected chi connectivity index (χ4v) is 5.02. The van der Waals surface area contributed by atoms with E-state index in [1.165, 1.54) is 24.2 Å². The van der Waals surface area contributed by atoms with Gasteiger partial charge in [0.25, 0.3) is 5.91 Å². The van der Waals surface area contributed by atoms with E-state index >= 15 is 0 Å². The van der Waals surface area contributed by atoms with E-state index in [4.69, 9.17) is 14.2 Å². The minimum atomic E-state index is -0.188. The monoisotopic (exact) mass is 467 g/mol. The van der Waals surface area contributed by atoms with Crippen molar-refractivity contribution in [3.05, 3.63) is 59.1 Å². The number of hydrogen-bond acceptors (Lipinski definition) is 7. The lowest BCUT2D eigenvalue weighted by atomic mass is 10.0. The van der Waals surface area contributed by atoms with Crippen molar-refractivity contribution in [2.75, 3.05) is 41.0 Å². The maximum absolute atomic E-state index is 13.0. The number of carbonyl (C=O) groups is 1. The summed E-state index contributed by atoms with van der Waals surface area (Å²) in [5, 5.41) is 5.58. The zero-order valence-corrected chi connectivity index (χ0v) is 20.0. The van der Waals surface area contributed by atoms with E-state index in [0.717, 1.165) is 30.0 Å². The molecule has 2 heterocycles. The number of benzene rings is 2. The molecule has 1 amide bonds. The Bertz CT molecular complexity index is 1090. The smallest absolute Gasteiger partial charge is 0.270 e. The molecule has 0 spiro atoms. The molecule has 33 heavy (non-hydrogen) atoms. The molecule has 0 aliphatic carbocycles. The van der Waals surface area contributed by atoms with Crippen LogP contribution in [0, 0.1) is 0 Å². The first-order valence-electron chi connectivity index (χ1n) is 11.0. The first kappa shape index (κ1) is 23.1. The lowest BCUT2D eigenvalue weighted by Gasteiger charge is -2.28. The molecule has 1 aliphatic rings. The number of carbonyl (C=O) groups excluding carboxylic acids is 1. The zero-order chi connectivity index (χ0) is 23.2. The Morgan fingerprint density at radius 1 is 1.09 bits per heavy atom. The van der Waals surface area contributed by atoms with Gasteiger partial charge in [0.2, 0.25) is 0 Å². The van der Waals surface area contributed by atoms with E-state index in [2.05, 4.69) is 21.3 Å². The van der Waals surface area contributed by atoms with Gasteiger partial charge >= 0.3 is 0 Å². The summed E-state index contributed by atoms with van der Waals surface area (Å²) in [5.41, 5.74) is 2.33. The Morgan fingerprint density at radius 3 is 2.61 bits per heavy atom. The SMILES string of the molecule is COc1cccc(C(CNC(=O)c2csc(-c3cccc(OC)c3OC)n2)N2CCCC2)c1. The zero-order valence-electron chi connectivity index (χ0n) is 19.2. The normalized spacial score (nSPS) is 14.6. The van der Waals surface area contributed by atoms with Crippen molar-refractivity contribution in [2.45, 2.75) is 18.9 Å². The van der Waals surface area contributed by atoms with Crippen LogP contribution in [0.15, 0.2) is 47.8 Å². The first-order valence-corrected chi connectivity index (χ1v) is 11.9. The highest BCUT2D eigenvalue weighted by Crippen LogP contribution is 2.39. The van der Waals surface area contributed by atoms with E-state index in [0.29, 0.717) is 28.7 Å². The molecular formula is C25H29N3O4S. The first-order chi connectivity index (χ1) is 16.1. The molecule has 1 aromatic heterocycles. The van der Waals surface area contributed by atoms with Crippen LogP contribution in [0.1, 0.15) is 34.9 Å². The minimum absolute atomic E-state index is 0.0862. The van der Waals surface area contributed by atoms with Crippen LogP contribution in [0.3, 0.4) is 0 Å². The van der Waals surface area contributed by atoms with Crippen LogP contribution >= 0.6 is 11.3 Å². The Balaban J connectivity index is 1.50. The van der Waals surface area contributed by atoms with Gasteiger partial charge in [-0.1, -0.05) is 18.2 Å². The number of hydrogen-bond donors (Lipinski definition) is 1. The molecule has 8 heteroatoms. The number of nitrogens with one attached hydrogen (secondary N) is 1. The molecule has 4 rings (SSSR count). The lowest BCUT2D eigenvalue weighted by Crippen LogP contribution is -2.36. The summed E-state index contributed by atoms with van der Waals surface area (Å²) in [6.07, 6.45) is 2.35. The van der Waals surface area contributed by atoms with Gasteiger partial charge in [-0.2, -0.15) is 0 Å². The summed E-state index contributed by atoms with van der Waals surface area (Å²) >= 11 is 1.41. The standard InChI is InChI=1S/C25H29N3O4S/c1-30-18-9-6-8-17(14-18)21(28-12-4-5-13-28)15-26-24(29)20-16-33-25(27-20)19-10-7-11-22(31-2)23(19)32-3/h6-11,14,16,21H,4-5,12-13,15H2,1-3H3,(H,26,29). The predicted octanol–water partition coefficient (Wildman–Crippen LogP) is 4.40. The molecule has 1 atom stereocenters. The Hall–Kier alpha value is -3.10. The van der Waals surface area contributed by atoms with Crippen molar-refractivity contribution in [2.24, 2.45) is 0 Å². The number of rotatable bonds is 9. The van der Waals surface area contributed by atoms with Crippen molar-refractivity contribution in [1.29, 1.82) is 0 Å². The van der Waals surface area contributed by atoms with Crippen LogP contribution < -0.4 is 19.5 Å². The van der Waals surface area contributed by atoms with E-state index in [-0.39, 0.29) is 11.9 Å². The summed E-state index contributed by atoms with van der Waals surface area (Å²) in [6.45, 7) is 2.55. The average molecular weight is 468 g/mol. The van der Waals surface area contributed by atoms with Gasteiger partial charge < -0.3 is 19.5 Å². The second-order valence-corrected chi connectivity index (χ2v) is 8.68. The largest absolute Gasteiger partial charge is 0.497 e. The summed E-state index contributed by atoms with van der Waals surface area (Å²) in [4.78, 5) is 20.0. The van der Waals surface area contributed by atoms with Crippen LogP contribution in [0.4, 0.5) is 0 Å². The number of amides is 1. The highest BCUT2D eigenvalue weighted by atomic mass is 32.1. The van der Waals surface area contributed by atoms with Crippen molar-refractivity contribution in [1.82, 2.24) is 15.2 Å². The second kappa shape index (κ2) is 10.7. The second-order valence-electron chi connectivity index (χ2n) is 7.82.